The number of rotatable bonds is 4. The molecule has 0 aliphatic carbocycles. The molecule has 7 rings (SSSR count). The fourth-order valence-electron chi connectivity index (χ4n) is 5.42. The fraction of sp³-hybridized carbons (Fsp3) is 0. The standard InChI is InChI=1S/C35H22N3OP/c36-23-24-13-18-33-26(20-24)21-27-22-32(31-12-7-19-37-35(31)34(27)38-33)25-14-16-30(17-15-25)40(39,28-8-3-1-4-9-28)29-10-5-2-6-11-29/h1-22H. The quantitative estimate of drug-likeness (QED) is 0.138. The van der Waals surface area contributed by atoms with Gasteiger partial charge in [-0.05, 0) is 47.5 Å². The van der Waals surface area contributed by atoms with Crippen LogP contribution in [-0.2, 0) is 4.57 Å². The smallest absolute Gasteiger partial charge is 0.171 e. The number of hydrogen-bond donors (Lipinski definition) is 0. The van der Waals surface area contributed by atoms with Crippen LogP contribution in [0.3, 0.4) is 0 Å². The van der Waals surface area contributed by atoms with E-state index in [4.69, 9.17) is 9.97 Å². The van der Waals surface area contributed by atoms with Gasteiger partial charge in [-0.2, -0.15) is 5.26 Å². The van der Waals surface area contributed by atoms with Crippen molar-refractivity contribution in [3.8, 4) is 17.2 Å². The molecule has 4 nitrogen and oxygen atoms in total. The van der Waals surface area contributed by atoms with Gasteiger partial charge >= 0.3 is 0 Å². The van der Waals surface area contributed by atoms with Crippen LogP contribution in [0.25, 0.3) is 43.8 Å². The van der Waals surface area contributed by atoms with E-state index in [0.717, 1.165) is 59.7 Å². The van der Waals surface area contributed by atoms with Crippen molar-refractivity contribution >= 4 is 55.8 Å². The lowest BCUT2D eigenvalue weighted by atomic mass is 9.97. The van der Waals surface area contributed by atoms with Crippen molar-refractivity contribution in [1.29, 1.82) is 5.26 Å². The van der Waals surface area contributed by atoms with Gasteiger partial charge in [0.1, 0.15) is 0 Å². The van der Waals surface area contributed by atoms with E-state index in [1.807, 2.05) is 103 Å². The summed E-state index contributed by atoms with van der Waals surface area (Å²) >= 11 is 0. The van der Waals surface area contributed by atoms with E-state index in [0.29, 0.717) is 5.56 Å². The van der Waals surface area contributed by atoms with Crippen LogP contribution in [0, 0.1) is 11.3 Å². The normalized spacial score (nSPS) is 11.6. The maximum Gasteiger partial charge on any atom is 0.171 e. The molecular formula is C35H22N3OP. The second-order valence-electron chi connectivity index (χ2n) is 9.73. The first-order valence-corrected chi connectivity index (χ1v) is 14.7. The molecule has 0 aliphatic rings. The molecule has 5 aromatic carbocycles. The summed E-state index contributed by atoms with van der Waals surface area (Å²) in [4.78, 5) is 9.63. The Hall–Kier alpha value is -5.10. The van der Waals surface area contributed by atoms with E-state index in [1.54, 1.807) is 12.3 Å². The van der Waals surface area contributed by atoms with Crippen molar-refractivity contribution < 1.29 is 4.57 Å². The van der Waals surface area contributed by atoms with E-state index in [9.17, 15) is 9.83 Å². The minimum Gasteiger partial charge on any atom is -0.309 e. The SMILES string of the molecule is N#Cc1ccc2nc3c(cc(-c4ccc(P(=O)(c5ccccc5)c5ccccc5)cc4)c4cccnc43)cc2c1. The highest BCUT2D eigenvalue weighted by molar-refractivity contribution is 7.85. The van der Waals surface area contributed by atoms with Crippen molar-refractivity contribution in [3.63, 3.8) is 0 Å². The number of nitriles is 1. The Bertz CT molecular complexity index is 2090. The molecule has 0 saturated heterocycles. The minimum atomic E-state index is -3.06. The summed E-state index contributed by atoms with van der Waals surface area (Å²) in [7, 11) is -3.06. The van der Waals surface area contributed by atoms with E-state index in [-0.39, 0.29) is 0 Å². The van der Waals surface area contributed by atoms with E-state index >= 15 is 0 Å². The minimum absolute atomic E-state index is 0.602. The molecule has 0 fully saturated rings. The van der Waals surface area contributed by atoms with Crippen LogP contribution in [0.4, 0.5) is 0 Å². The third-order valence-corrected chi connectivity index (χ3v) is 10.5. The predicted octanol–water partition coefficient (Wildman–Crippen LogP) is 7.11. The Morgan fingerprint density at radius 2 is 1.30 bits per heavy atom. The van der Waals surface area contributed by atoms with Gasteiger partial charge in [-0.3, -0.25) is 4.98 Å². The second kappa shape index (κ2) is 9.58. The molecule has 2 aromatic heterocycles. The molecule has 0 amide bonds. The molecule has 0 atom stereocenters. The molecule has 5 heteroatoms. The predicted molar refractivity (Wildman–Crippen MR) is 164 cm³/mol. The summed E-state index contributed by atoms with van der Waals surface area (Å²) in [5.74, 6) is 0. The van der Waals surface area contributed by atoms with E-state index in [2.05, 4.69) is 24.3 Å². The zero-order valence-corrected chi connectivity index (χ0v) is 22.3. The van der Waals surface area contributed by atoms with Crippen LogP contribution >= 0.6 is 7.14 Å². The highest BCUT2D eigenvalue weighted by atomic mass is 31.2. The summed E-state index contributed by atoms with van der Waals surface area (Å²) in [6, 6.07) is 43.4. The molecule has 188 valence electrons. The lowest BCUT2D eigenvalue weighted by molar-refractivity contribution is 0.592. The first-order chi connectivity index (χ1) is 19.6. The Kier molecular flexibility index (Phi) is 5.74. The van der Waals surface area contributed by atoms with E-state index in [1.165, 1.54) is 0 Å². The molecule has 0 N–H and O–H groups in total. The van der Waals surface area contributed by atoms with Gasteiger partial charge in [-0.25, -0.2) is 4.98 Å². The second-order valence-corrected chi connectivity index (χ2v) is 12.5. The van der Waals surface area contributed by atoms with E-state index < -0.39 is 7.14 Å². The average molecular weight is 532 g/mol. The van der Waals surface area contributed by atoms with Gasteiger partial charge in [0.05, 0.1) is 28.2 Å². The summed E-state index contributed by atoms with van der Waals surface area (Å²) in [5, 5.41) is 14.6. The summed E-state index contributed by atoms with van der Waals surface area (Å²) in [6.45, 7) is 0. The zero-order valence-electron chi connectivity index (χ0n) is 21.4. The van der Waals surface area contributed by atoms with Crippen molar-refractivity contribution in [2.75, 3.05) is 0 Å². The summed E-state index contributed by atoms with van der Waals surface area (Å²) in [6.07, 6.45) is 1.79. The van der Waals surface area contributed by atoms with Gasteiger partial charge in [-0.1, -0.05) is 91.0 Å². The van der Waals surface area contributed by atoms with Crippen LogP contribution in [0.5, 0.6) is 0 Å². The Labute approximate surface area is 231 Å². The molecule has 2 heterocycles. The topological polar surface area (TPSA) is 66.6 Å². The number of benzene rings is 5. The number of fused-ring (bicyclic) bond motifs is 4. The van der Waals surface area contributed by atoms with Gasteiger partial charge < -0.3 is 4.57 Å². The number of aromatic nitrogens is 2. The van der Waals surface area contributed by atoms with Crippen LogP contribution in [0.15, 0.2) is 134 Å². The monoisotopic (exact) mass is 531 g/mol. The third-order valence-electron chi connectivity index (χ3n) is 7.38. The van der Waals surface area contributed by atoms with Gasteiger partial charge in [-0.15, -0.1) is 0 Å². The first-order valence-electron chi connectivity index (χ1n) is 13.0. The van der Waals surface area contributed by atoms with Crippen LogP contribution in [0.1, 0.15) is 5.56 Å². The average Bonchev–Trinajstić information content (AvgIpc) is 3.03. The third kappa shape index (κ3) is 3.88. The maximum absolute atomic E-state index is 14.8. The highest BCUT2D eigenvalue weighted by Crippen LogP contribution is 2.43. The van der Waals surface area contributed by atoms with Crippen LogP contribution < -0.4 is 15.9 Å². The summed E-state index contributed by atoms with van der Waals surface area (Å²) < 4.78 is 14.8. The van der Waals surface area contributed by atoms with Crippen molar-refractivity contribution in [2.45, 2.75) is 0 Å². The summed E-state index contributed by atoms with van der Waals surface area (Å²) in [5.41, 5.74) is 5.10. The molecule has 0 spiro atoms. The maximum atomic E-state index is 14.8. The van der Waals surface area contributed by atoms with Gasteiger partial charge in [0.15, 0.2) is 7.14 Å². The zero-order chi connectivity index (χ0) is 27.1. The number of pyridine rings is 2. The molecular weight excluding hydrogens is 509 g/mol. The largest absolute Gasteiger partial charge is 0.309 e. The number of hydrogen-bond acceptors (Lipinski definition) is 4. The van der Waals surface area contributed by atoms with Crippen molar-refractivity contribution in [3.05, 3.63) is 139 Å². The van der Waals surface area contributed by atoms with Crippen molar-refractivity contribution in [1.82, 2.24) is 9.97 Å². The molecule has 0 aliphatic heterocycles. The lowest BCUT2D eigenvalue weighted by Crippen LogP contribution is -2.24. The molecule has 0 saturated carbocycles. The van der Waals surface area contributed by atoms with Crippen molar-refractivity contribution in [2.24, 2.45) is 0 Å². The molecule has 0 bridgehead atoms. The fourth-order valence-corrected chi connectivity index (χ4v) is 8.07. The molecule has 40 heavy (non-hydrogen) atoms. The Balaban J connectivity index is 1.42. The molecule has 0 unspecified atom stereocenters. The molecule has 7 aromatic rings. The van der Waals surface area contributed by atoms with Crippen LogP contribution in [0.2, 0.25) is 0 Å². The molecule has 0 radical (unpaired) electrons. The lowest BCUT2D eigenvalue weighted by Gasteiger charge is -2.20. The van der Waals surface area contributed by atoms with Gasteiger partial charge in [0.2, 0.25) is 0 Å². The highest BCUT2D eigenvalue weighted by Gasteiger charge is 2.29. The van der Waals surface area contributed by atoms with Gasteiger partial charge in [0, 0.05) is 38.3 Å². The van der Waals surface area contributed by atoms with Gasteiger partial charge in [0.25, 0.3) is 0 Å². The first kappa shape index (κ1) is 24.0. The number of nitrogens with zero attached hydrogens (tertiary/aromatic N) is 3. The Morgan fingerprint density at radius 1 is 0.625 bits per heavy atom. The Morgan fingerprint density at radius 3 is 1.98 bits per heavy atom. The van der Waals surface area contributed by atoms with Crippen LogP contribution in [-0.4, -0.2) is 9.97 Å².